The van der Waals surface area contributed by atoms with Gasteiger partial charge in [-0.2, -0.15) is 0 Å². The van der Waals surface area contributed by atoms with E-state index in [1.807, 2.05) is 0 Å². The van der Waals surface area contributed by atoms with Gasteiger partial charge in [0.15, 0.2) is 0 Å². The van der Waals surface area contributed by atoms with Gasteiger partial charge in [0.05, 0.1) is 0 Å². The summed E-state index contributed by atoms with van der Waals surface area (Å²) in [6, 6.07) is 52.4. The van der Waals surface area contributed by atoms with Crippen LogP contribution in [-0.4, -0.2) is 6.71 Å². The summed E-state index contributed by atoms with van der Waals surface area (Å²) in [4.78, 5) is 5.03. The van der Waals surface area contributed by atoms with Crippen LogP contribution >= 0.6 is 0 Å². The molecule has 0 radical (unpaired) electrons. The Hall–Kier alpha value is -5.02. The molecular weight excluding hydrogens is 543 g/mol. The topological polar surface area (TPSA) is 6.48 Å². The van der Waals surface area contributed by atoms with Crippen molar-refractivity contribution >= 4 is 57.2 Å². The quantitative estimate of drug-likeness (QED) is 0.190. The highest BCUT2D eigenvalue weighted by atomic mass is 15.2. The minimum atomic E-state index is 0.109. The van der Waals surface area contributed by atoms with E-state index in [0.29, 0.717) is 0 Å². The van der Waals surface area contributed by atoms with Gasteiger partial charge >= 0.3 is 0 Å². The lowest BCUT2D eigenvalue weighted by Gasteiger charge is -2.44. The van der Waals surface area contributed by atoms with Crippen LogP contribution < -0.4 is 26.2 Å². The highest BCUT2D eigenvalue weighted by molar-refractivity contribution is 7.00. The molecule has 0 aromatic heterocycles. The maximum atomic E-state index is 2.62. The lowest BCUT2D eigenvalue weighted by molar-refractivity contribution is 0.353. The van der Waals surface area contributed by atoms with E-state index in [0.717, 1.165) is 0 Å². The summed E-state index contributed by atoms with van der Waals surface area (Å²) in [6.45, 7) is 0.141. The second-order valence-corrected chi connectivity index (χ2v) is 13.2. The van der Waals surface area contributed by atoms with Crippen LogP contribution in [0.2, 0.25) is 0 Å². The fraction of sp³-hybridized carbons (Fsp3) is 0.143. The average molecular weight is 577 g/mol. The molecule has 6 aromatic carbocycles. The summed E-state index contributed by atoms with van der Waals surface area (Å²) in [5.74, 6) is 0. The molecule has 2 aliphatic carbocycles. The van der Waals surface area contributed by atoms with Crippen LogP contribution in [0.15, 0.2) is 140 Å². The van der Waals surface area contributed by atoms with Crippen LogP contribution in [0.5, 0.6) is 0 Å². The fourth-order valence-electron chi connectivity index (χ4n) is 9.23. The average Bonchev–Trinajstić information content (AvgIpc) is 3.36. The maximum Gasteiger partial charge on any atom is 0.252 e. The van der Waals surface area contributed by atoms with E-state index in [-0.39, 0.29) is 12.1 Å². The first-order chi connectivity index (χ1) is 22.3. The molecule has 0 N–H and O–H groups in total. The molecule has 0 saturated heterocycles. The van der Waals surface area contributed by atoms with Gasteiger partial charge in [-0.3, -0.25) is 0 Å². The number of benzene rings is 6. The van der Waals surface area contributed by atoms with Crippen LogP contribution in [0.4, 0.5) is 34.1 Å². The van der Waals surface area contributed by atoms with Crippen molar-refractivity contribution in [3.8, 4) is 11.1 Å². The fourth-order valence-corrected chi connectivity index (χ4v) is 9.23. The molecule has 1 spiro atoms. The van der Waals surface area contributed by atoms with Gasteiger partial charge in [-0.25, -0.2) is 0 Å². The number of anilines is 6. The molecular formula is C42H33BN2. The predicted molar refractivity (Wildman–Crippen MR) is 190 cm³/mol. The molecule has 1 saturated carbocycles. The number of para-hydroxylation sites is 3. The second-order valence-electron chi connectivity index (χ2n) is 13.2. The van der Waals surface area contributed by atoms with Gasteiger partial charge in [-0.15, -0.1) is 0 Å². The summed E-state index contributed by atoms with van der Waals surface area (Å²) in [7, 11) is 0. The third-order valence-electron chi connectivity index (χ3n) is 11.0. The van der Waals surface area contributed by atoms with Gasteiger partial charge in [-0.1, -0.05) is 110 Å². The Kier molecular flexibility index (Phi) is 5.34. The Bertz CT molecular complexity index is 2110. The van der Waals surface area contributed by atoms with E-state index in [1.165, 1.54) is 99.3 Å². The maximum absolute atomic E-state index is 2.62. The molecule has 0 amide bonds. The molecule has 214 valence electrons. The van der Waals surface area contributed by atoms with Crippen molar-refractivity contribution < 1.29 is 0 Å². The summed E-state index contributed by atoms with van der Waals surface area (Å²) < 4.78 is 0. The minimum Gasteiger partial charge on any atom is -0.311 e. The zero-order chi connectivity index (χ0) is 29.5. The molecule has 0 bridgehead atoms. The highest BCUT2D eigenvalue weighted by Gasteiger charge is 2.48. The molecule has 4 aliphatic rings. The monoisotopic (exact) mass is 576 g/mol. The van der Waals surface area contributed by atoms with Crippen molar-refractivity contribution in [2.45, 2.75) is 37.5 Å². The van der Waals surface area contributed by atoms with Gasteiger partial charge in [-0.05, 0) is 100 Å². The van der Waals surface area contributed by atoms with Gasteiger partial charge in [0.25, 0.3) is 6.71 Å². The molecule has 10 rings (SSSR count). The zero-order valence-corrected chi connectivity index (χ0v) is 25.3. The predicted octanol–water partition coefficient (Wildman–Crippen LogP) is 9.00. The molecule has 45 heavy (non-hydrogen) atoms. The number of hydrogen-bond donors (Lipinski definition) is 0. The largest absolute Gasteiger partial charge is 0.311 e. The van der Waals surface area contributed by atoms with E-state index in [4.69, 9.17) is 0 Å². The van der Waals surface area contributed by atoms with E-state index in [9.17, 15) is 0 Å². The van der Waals surface area contributed by atoms with Crippen LogP contribution in [-0.2, 0) is 5.41 Å². The summed E-state index contributed by atoms with van der Waals surface area (Å²) in [6.07, 6.45) is 6.41. The molecule has 3 heteroatoms. The molecule has 2 heterocycles. The summed E-state index contributed by atoms with van der Waals surface area (Å²) in [5.41, 5.74) is 17.8. The SMILES string of the molecule is c1ccc(N2c3ccccc3B3c4cc5c(cc4N(c4ccccc4)c4cccc2c43)C2(CCCCC2)c2ccccc2-5)cc1. The Morgan fingerprint density at radius 1 is 0.444 bits per heavy atom. The molecule has 0 atom stereocenters. The number of fused-ring (bicyclic) bond motifs is 9. The van der Waals surface area contributed by atoms with Crippen molar-refractivity contribution in [3.63, 3.8) is 0 Å². The van der Waals surface area contributed by atoms with E-state index in [2.05, 4.69) is 149 Å². The Labute approximate surface area is 265 Å². The Morgan fingerprint density at radius 2 is 1.04 bits per heavy atom. The van der Waals surface area contributed by atoms with Crippen molar-refractivity contribution in [2.24, 2.45) is 0 Å². The van der Waals surface area contributed by atoms with Crippen LogP contribution in [0.3, 0.4) is 0 Å². The van der Waals surface area contributed by atoms with Gasteiger partial charge < -0.3 is 9.80 Å². The van der Waals surface area contributed by atoms with E-state index < -0.39 is 0 Å². The normalized spacial score (nSPS) is 16.5. The van der Waals surface area contributed by atoms with Crippen molar-refractivity contribution in [2.75, 3.05) is 9.80 Å². The van der Waals surface area contributed by atoms with Gasteiger partial charge in [0, 0.05) is 39.5 Å². The molecule has 6 aromatic rings. The number of rotatable bonds is 2. The van der Waals surface area contributed by atoms with Gasteiger partial charge in [0.2, 0.25) is 0 Å². The standard InChI is InChI=1S/C42H33BN2/c1-4-15-29(16-5-1)44-37-22-11-10-21-35(37)43-36-27-32-31-19-8-9-20-33(31)42(25-12-3-13-26-42)34(32)28-40(36)45(30-17-6-2-7-18-30)39-24-14-23-38(44)41(39)43/h1-2,4-11,14-24,27-28H,3,12-13,25-26H2. The highest BCUT2D eigenvalue weighted by Crippen LogP contribution is 2.57. The van der Waals surface area contributed by atoms with Crippen molar-refractivity contribution in [3.05, 3.63) is 151 Å². The Balaban J connectivity index is 1.31. The van der Waals surface area contributed by atoms with E-state index >= 15 is 0 Å². The zero-order valence-electron chi connectivity index (χ0n) is 25.3. The van der Waals surface area contributed by atoms with Gasteiger partial charge in [0.1, 0.15) is 0 Å². The smallest absolute Gasteiger partial charge is 0.252 e. The van der Waals surface area contributed by atoms with Crippen LogP contribution in [0.25, 0.3) is 11.1 Å². The summed E-state index contributed by atoms with van der Waals surface area (Å²) >= 11 is 0. The summed E-state index contributed by atoms with van der Waals surface area (Å²) in [5, 5.41) is 0. The molecule has 2 nitrogen and oxygen atoms in total. The van der Waals surface area contributed by atoms with Crippen molar-refractivity contribution in [1.82, 2.24) is 0 Å². The van der Waals surface area contributed by atoms with Crippen LogP contribution in [0, 0.1) is 0 Å². The first kappa shape index (κ1) is 25.3. The van der Waals surface area contributed by atoms with Crippen molar-refractivity contribution in [1.29, 1.82) is 0 Å². The lowest BCUT2D eigenvalue weighted by atomic mass is 9.33. The second kappa shape index (κ2) is 9.49. The third-order valence-corrected chi connectivity index (χ3v) is 11.0. The van der Waals surface area contributed by atoms with Crippen LogP contribution in [0.1, 0.15) is 43.2 Å². The first-order valence-electron chi connectivity index (χ1n) is 16.5. The minimum absolute atomic E-state index is 0.109. The lowest BCUT2D eigenvalue weighted by Crippen LogP contribution is -2.61. The van der Waals surface area contributed by atoms with E-state index in [1.54, 1.807) is 5.56 Å². The number of hydrogen-bond acceptors (Lipinski definition) is 2. The molecule has 0 unspecified atom stereocenters. The molecule has 2 aliphatic heterocycles. The first-order valence-corrected chi connectivity index (χ1v) is 16.5. The number of nitrogens with zero attached hydrogens (tertiary/aromatic N) is 2. The molecule has 1 fully saturated rings. The third kappa shape index (κ3) is 3.41. The Morgan fingerprint density at radius 3 is 1.78 bits per heavy atom.